The van der Waals surface area contributed by atoms with Crippen molar-refractivity contribution in [2.75, 3.05) is 13.1 Å². The Morgan fingerprint density at radius 1 is 1.08 bits per heavy atom. The van der Waals surface area contributed by atoms with Gasteiger partial charge in [0.05, 0.1) is 0 Å². The molecule has 0 heterocycles. The smallest absolute Gasteiger partial charge is 0.00388 e. The highest BCUT2D eigenvalue weighted by Crippen LogP contribution is 2.06. The molecule has 0 aromatic carbocycles. The third-order valence-electron chi connectivity index (χ3n) is 2.30. The molecule has 0 aromatic rings. The van der Waals surface area contributed by atoms with E-state index in [0.29, 0.717) is 6.04 Å². The molecule has 2 nitrogen and oxygen atoms in total. The second-order valence-electron chi connectivity index (χ2n) is 4.32. The lowest BCUT2D eigenvalue weighted by atomic mass is 10.0. The van der Waals surface area contributed by atoms with Crippen molar-refractivity contribution in [2.24, 2.45) is 11.7 Å². The fourth-order valence-electron chi connectivity index (χ4n) is 1.30. The lowest BCUT2D eigenvalue weighted by Crippen LogP contribution is -2.27. The number of rotatable bonds is 8. The van der Waals surface area contributed by atoms with Gasteiger partial charge in [-0.15, -0.1) is 0 Å². The maximum absolute atomic E-state index is 5.42. The third kappa shape index (κ3) is 9.84. The van der Waals surface area contributed by atoms with Gasteiger partial charge in [0.25, 0.3) is 0 Å². The molecule has 0 radical (unpaired) electrons. The molecule has 0 aromatic heterocycles. The van der Waals surface area contributed by atoms with Gasteiger partial charge in [-0.2, -0.15) is 0 Å². The summed E-state index contributed by atoms with van der Waals surface area (Å²) in [6.07, 6.45) is 4.97. The monoisotopic (exact) mass is 186 g/mol. The van der Waals surface area contributed by atoms with Crippen molar-refractivity contribution in [3.63, 3.8) is 0 Å². The van der Waals surface area contributed by atoms with Gasteiger partial charge < -0.3 is 11.1 Å². The number of nitrogens with two attached hydrogens (primary N) is 1. The Bertz CT molecular complexity index is 102. The Morgan fingerprint density at radius 3 is 2.31 bits per heavy atom. The molecule has 0 aliphatic heterocycles. The second kappa shape index (κ2) is 8.52. The Kier molecular flexibility index (Phi) is 8.46. The lowest BCUT2D eigenvalue weighted by molar-refractivity contribution is 0.446. The van der Waals surface area contributed by atoms with Crippen LogP contribution < -0.4 is 11.1 Å². The van der Waals surface area contributed by atoms with Crippen molar-refractivity contribution < 1.29 is 0 Å². The van der Waals surface area contributed by atoms with Crippen LogP contribution in [-0.4, -0.2) is 19.1 Å². The van der Waals surface area contributed by atoms with Crippen LogP contribution in [0.2, 0.25) is 0 Å². The normalized spacial score (nSPS) is 13.6. The summed E-state index contributed by atoms with van der Waals surface area (Å²) >= 11 is 0. The van der Waals surface area contributed by atoms with E-state index in [-0.39, 0.29) is 0 Å². The van der Waals surface area contributed by atoms with E-state index in [2.05, 4.69) is 26.1 Å². The van der Waals surface area contributed by atoms with Crippen LogP contribution in [0, 0.1) is 5.92 Å². The summed E-state index contributed by atoms with van der Waals surface area (Å²) in [6, 6.07) is 0.667. The molecule has 2 heteroatoms. The van der Waals surface area contributed by atoms with Crippen LogP contribution in [0.4, 0.5) is 0 Å². The molecule has 3 N–H and O–H groups in total. The van der Waals surface area contributed by atoms with Crippen LogP contribution in [-0.2, 0) is 0 Å². The summed E-state index contributed by atoms with van der Waals surface area (Å²) < 4.78 is 0. The highest BCUT2D eigenvalue weighted by Gasteiger charge is 2.01. The van der Waals surface area contributed by atoms with Gasteiger partial charge >= 0.3 is 0 Å². The van der Waals surface area contributed by atoms with Gasteiger partial charge in [0.1, 0.15) is 0 Å². The van der Waals surface area contributed by atoms with Gasteiger partial charge in [0.15, 0.2) is 0 Å². The number of unbranched alkanes of at least 4 members (excludes halogenated alkanes) is 1. The first-order valence-electron chi connectivity index (χ1n) is 5.60. The van der Waals surface area contributed by atoms with Crippen LogP contribution in [0.15, 0.2) is 0 Å². The minimum atomic E-state index is 0.667. The standard InChI is InChI=1S/C11H26N2/c1-10(2)6-7-11(3)13-9-5-4-8-12/h10-11,13H,4-9,12H2,1-3H3. The molecule has 0 rings (SSSR count). The number of nitrogens with one attached hydrogen (secondary N) is 1. The predicted octanol–water partition coefficient (Wildman–Crippen LogP) is 2.14. The Hall–Kier alpha value is -0.0800. The van der Waals surface area contributed by atoms with E-state index < -0.39 is 0 Å². The molecule has 0 spiro atoms. The van der Waals surface area contributed by atoms with E-state index in [1.54, 1.807) is 0 Å². The molecule has 13 heavy (non-hydrogen) atoms. The molecule has 0 aliphatic rings. The molecule has 1 unspecified atom stereocenters. The minimum Gasteiger partial charge on any atom is -0.330 e. The molecule has 0 aliphatic carbocycles. The van der Waals surface area contributed by atoms with E-state index >= 15 is 0 Å². The van der Waals surface area contributed by atoms with Gasteiger partial charge in [-0.05, 0) is 51.6 Å². The molecule has 0 amide bonds. The second-order valence-corrected chi connectivity index (χ2v) is 4.32. The van der Waals surface area contributed by atoms with E-state index in [9.17, 15) is 0 Å². The molecule has 0 saturated heterocycles. The first kappa shape index (κ1) is 12.9. The largest absolute Gasteiger partial charge is 0.330 e. The number of hydrogen-bond acceptors (Lipinski definition) is 2. The maximum atomic E-state index is 5.42. The molecule has 0 saturated carbocycles. The SMILES string of the molecule is CC(C)CCC(C)NCCCCN. The average Bonchev–Trinajstić information content (AvgIpc) is 2.09. The molecule has 0 fully saturated rings. The van der Waals surface area contributed by atoms with E-state index in [4.69, 9.17) is 5.73 Å². The predicted molar refractivity (Wildman–Crippen MR) is 59.8 cm³/mol. The quantitative estimate of drug-likeness (QED) is 0.570. The number of hydrogen-bond donors (Lipinski definition) is 2. The van der Waals surface area contributed by atoms with Crippen LogP contribution in [0.5, 0.6) is 0 Å². The van der Waals surface area contributed by atoms with E-state index in [1.165, 1.54) is 19.3 Å². The zero-order valence-corrected chi connectivity index (χ0v) is 9.47. The fraction of sp³-hybridized carbons (Fsp3) is 1.00. The molecular formula is C11H26N2. The third-order valence-corrected chi connectivity index (χ3v) is 2.30. The van der Waals surface area contributed by atoms with Gasteiger partial charge in [0.2, 0.25) is 0 Å². The van der Waals surface area contributed by atoms with Crippen LogP contribution >= 0.6 is 0 Å². The Labute approximate surface area is 83.3 Å². The Balaban J connectivity index is 3.15. The Morgan fingerprint density at radius 2 is 1.77 bits per heavy atom. The fourth-order valence-corrected chi connectivity index (χ4v) is 1.30. The van der Waals surface area contributed by atoms with Crippen molar-refractivity contribution in [3.8, 4) is 0 Å². The van der Waals surface area contributed by atoms with Crippen LogP contribution in [0.3, 0.4) is 0 Å². The van der Waals surface area contributed by atoms with Gasteiger partial charge in [-0.1, -0.05) is 13.8 Å². The van der Waals surface area contributed by atoms with E-state index in [1.807, 2.05) is 0 Å². The van der Waals surface area contributed by atoms with Crippen molar-refractivity contribution in [3.05, 3.63) is 0 Å². The molecular weight excluding hydrogens is 160 g/mol. The van der Waals surface area contributed by atoms with Crippen molar-refractivity contribution in [1.82, 2.24) is 5.32 Å². The van der Waals surface area contributed by atoms with E-state index in [0.717, 1.165) is 25.4 Å². The molecule has 0 bridgehead atoms. The highest BCUT2D eigenvalue weighted by atomic mass is 14.9. The van der Waals surface area contributed by atoms with Gasteiger partial charge in [-0.25, -0.2) is 0 Å². The summed E-state index contributed by atoms with van der Waals surface area (Å²) in [6.45, 7) is 8.77. The van der Waals surface area contributed by atoms with Gasteiger partial charge in [-0.3, -0.25) is 0 Å². The zero-order valence-electron chi connectivity index (χ0n) is 9.47. The summed E-state index contributed by atoms with van der Waals surface area (Å²) in [5.41, 5.74) is 5.42. The first-order chi connectivity index (χ1) is 6.16. The summed E-state index contributed by atoms with van der Waals surface area (Å²) in [5.74, 6) is 0.827. The maximum Gasteiger partial charge on any atom is 0.00388 e. The summed E-state index contributed by atoms with van der Waals surface area (Å²) in [5, 5.41) is 3.52. The molecule has 1 atom stereocenters. The summed E-state index contributed by atoms with van der Waals surface area (Å²) in [7, 11) is 0. The lowest BCUT2D eigenvalue weighted by Gasteiger charge is -2.14. The zero-order chi connectivity index (χ0) is 10.1. The van der Waals surface area contributed by atoms with Crippen LogP contribution in [0.1, 0.15) is 46.5 Å². The summed E-state index contributed by atoms with van der Waals surface area (Å²) in [4.78, 5) is 0. The van der Waals surface area contributed by atoms with Crippen molar-refractivity contribution in [1.29, 1.82) is 0 Å². The van der Waals surface area contributed by atoms with Crippen molar-refractivity contribution >= 4 is 0 Å². The topological polar surface area (TPSA) is 38.0 Å². The minimum absolute atomic E-state index is 0.667. The van der Waals surface area contributed by atoms with Crippen molar-refractivity contribution in [2.45, 2.75) is 52.5 Å². The molecule has 80 valence electrons. The average molecular weight is 186 g/mol. The highest BCUT2D eigenvalue weighted by molar-refractivity contribution is 4.61. The first-order valence-corrected chi connectivity index (χ1v) is 5.60. The van der Waals surface area contributed by atoms with Gasteiger partial charge in [0, 0.05) is 6.04 Å². The van der Waals surface area contributed by atoms with Crippen LogP contribution in [0.25, 0.3) is 0 Å².